The van der Waals surface area contributed by atoms with Crippen LogP contribution in [0.3, 0.4) is 0 Å². The second-order valence-electron chi connectivity index (χ2n) is 6.07. The van der Waals surface area contributed by atoms with Crippen LogP contribution >= 0.6 is 0 Å². The summed E-state index contributed by atoms with van der Waals surface area (Å²) in [6.45, 7) is 6.60. The normalized spacial score (nSPS) is 26.5. The topological polar surface area (TPSA) is 58.6 Å². The molecule has 0 bridgehead atoms. The lowest BCUT2D eigenvalue weighted by Crippen LogP contribution is -2.73. The predicted octanol–water partition coefficient (Wildman–Crippen LogP) is 0.833. The van der Waals surface area contributed by atoms with Crippen molar-refractivity contribution in [1.82, 2.24) is 5.32 Å². The first-order chi connectivity index (χ1) is 7.29. The Balaban J connectivity index is 2.13. The van der Waals surface area contributed by atoms with Crippen molar-refractivity contribution in [2.24, 2.45) is 5.41 Å². The molecule has 1 heterocycles. The average Bonchev–Trinajstić information content (AvgIpc) is 1.94. The number of nitrogens with one attached hydrogen (secondary N) is 1. The van der Waals surface area contributed by atoms with Gasteiger partial charge in [-0.15, -0.1) is 0 Å². The van der Waals surface area contributed by atoms with Crippen molar-refractivity contribution in [3.8, 4) is 0 Å². The maximum absolute atomic E-state index is 12.2. The Hall–Kier alpha value is -0.610. The van der Waals surface area contributed by atoms with Gasteiger partial charge in [0.05, 0.1) is 5.41 Å². The summed E-state index contributed by atoms with van der Waals surface area (Å²) < 4.78 is 5.44. The lowest BCUT2D eigenvalue weighted by Gasteiger charge is -2.55. The van der Waals surface area contributed by atoms with E-state index in [1.807, 2.05) is 20.8 Å². The molecule has 4 nitrogen and oxygen atoms in total. The minimum atomic E-state index is -0.881. The number of esters is 1. The van der Waals surface area contributed by atoms with E-state index in [0.717, 1.165) is 19.3 Å². The minimum Gasteiger partial charge on any atom is -0.459 e. The molecular weight excluding hydrogens is 206 g/mol. The molecule has 0 aromatic heterocycles. The van der Waals surface area contributed by atoms with Crippen LogP contribution in [0.2, 0.25) is 0 Å². The van der Waals surface area contributed by atoms with Crippen molar-refractivity contribution in [3.05, 3.63) is 0 Å². The third-order valence-electron chi connectivity index (χ3n) is 3.72. The van der Waals surface area contributed by atoms with Gasteiger partial charge in [0.25, 0.3) is 0 Å². The highest BCUT2D eigenvalue weighted by atomic mass is 16.6. The molecule has 4 heteroatoms. The van der Waals surface area contributed by atoms with E-state index < -0.39 is 16.6 Å². The van der Waals surface area contributed by atoms with E-state index in [9.17, 15) is 9.90 Å². The lowest BCUT2D eigenvalue weighted by atomic mass is 9.56. The second-order valence-corrected chi connectivity index (χ2v) is 6.07. The average molecular weight is 227 g/mol. The summed E-state index contributed by atoms with van der Waals surface area (Å²) in [5.74, 6) is -0.227. The highest BCUT2D eigenvalue weighted by Crippen LogP contribution is 2.52. The van der Waals surface area contributed by atoms with Gasteiger partial charge < -0.3 is 15.2 Å². The lowest BCUT2D eigenvalue weighted by molar-refractivity contribution is -0.209. The van der Waals surface area contributed by atoms with Crippen molar-refractivity contribution in [2.75, 3.05) is 13.1 Å². The van der Waals surface area contributed by atoms with Gasteiger partial charge in [-0.1, -0.05) is 6.42 Å². The molecule has 2 rings (SSSR count). The smallest absolute Gasteiger partial charge is 0.315 e. The van der Waals surface area contributed by atoms with Crippen molar-refractivity contribution in [3.63, 3.8) is 0 Å². The van der Waals surface area contributed by atoms with Gasteiger partial charge in [-0.3, -0.25) is 4.79 Å². The molecule has 0 atom stereocenters. The van der Waals surface area contributed by atoms with Gasteiger partial charge >= 0.3 is 5.97 Å². The van der Waals surface area contributed by atoms with E-state index in [4.69, 9.17) is 4.74 Å². The van der Waals surface area contributed by atoms with Gasteiger partial charge in [0.1, 0.15) is 11.2 Å². The van der Waals surface area contributed by atoms with Crippen molar-refractivity contribution < 1.29 is 14.6 Å². The molecule has 1 saturated carbocycles. The number of β-amino-alcohol motifs (C(OH)–C–C–N with tert-alkyl or cyclic N) is 1. The molecule has 16 heavy (non-hydrogen) atoms. The van der Waals surface area contributed by atoms with E-state index in [-0.39, 0.29) is 5.97 Å². The maximum Gasteiger partial charge on any atom is 0.315 e. The molecule has 2 aliphatic rings. The van der Waals surface area contributed by atoms with E-state index in [1.165, 1.54) is 0 Å². The molecule has 0 radical (unpaired) electrons. The zero-order chi connectivity index (χ0) is 12.0. The summed E-state index contributed by atoms with van der Waals surface area (Å²) in [6, 6.07) is 0. The Morgan fingerprint density at radius 3 is 2.12 bits per heavy atom. The van der Waals surface area contributed by atoms with E-state index >= 15 is 0 Å². The quantitative estimate of drug-likeness (QED) is 0.686. The Kier molecular flexibility index (Phi) is 2.55. The number of aliphatic hydroxyl groups is 1. The van der Waals surface area contributed by atoms with Gasteiger partial charge in [-0.25, -0.2) is 0 Å². The number of hydrogen-bond donors (Lipinski definition) is 2. The number of ether oxygens (including phenoxy) is 1. The molecule has 0 unspecified atom stereocenters. The fourth-order valence-electron chi connectivity index (χ4n) is 2.47. The zero-order valence-electron chi connectivity index (χ0n) is 10.3. The number of hydrogen-bond acceptors (Lipinski definition) is 4. The molecule has 0 spiro atoms. The molecule has 0 aromatic carbocycles. The number of rotatable bonds is 2. The SMILES string of the molecule is CC(C)(C)OC(=O)C1(C2(O)CNC2)CCC1. The largest absolute Gasteiger partial charge is 0.459 e. The molecule has 1 aliphatic carbocycles. The van der Waals surface area contributed by atoms with Crippen LogP contribution in [0.15, 0.2) is 0 Å². The maximum atomic E-state index is 12.2. The summed E-state index contributed by atoms with van der Waals surface area (Å²) in [5.41, 5.74) is -2.01. The van der Waals surface area contributed by atoms with Gasteiger partial charge in [-0.2, -0.15) is 0 Å². The highest BCUT2D eigenvalue weighted by molar-refractivity contribution is 5.80. The first-order valence-corrected chi connectivity index (χ1v) is 5.96. The first-order valence-electron chi connectivity index (χ1n) is 5.96. The van der Waals surface area contributed by atoms with Crippen LogP contribution in [0, 0.1) is 5.41 Å². The molecular formula is C12H21NO3. The summed E-state index contributed by atoms with van der Waals surface area (Å²) >= 11 is 0. The third-order valence-corrected chi connectivity index (χ3v) is 3.72. The van der Waals surface area contributed by atoms with Crippen LogP contribution in [0.25, 0.3) is 0 Å². The standard InChI is InChI=1S/C12H21NO3/c1-10(2,3)16-9(14)11(5-4-6-11)12(15)7-13-8-12/h13,15H,4-8H2,1-3H3. The Morgan fingerprint density at radius 1 is 1.31 bits per heavy atom. The summed E-state index contributed by atoms with van der Waals surface area (Å²) in [5, 5.41) is 13.4. The molecule has 1 saturated heterocycles. The summed E-state index contributed by atoms with van der Waals surface area (Å²) in [7, 11) is 0. The van der Waals surface area contributed by atoms with Crippen LogP contribution in [0.1, 0.15) is 40.0 Å². The molecule has 2 fully saturated rings. The van der Waals surface area contributed by atoms with Crippen molar-refractivity contribution in [2.45, 2.75) is 51.2 Å². The van der Waals surface area contributed by atoms with E-state index in [0.29, 0.717) is 13.1 Å². The van der Waals surface area contributed by atoms with Crippen LogP contribution in [-0.2, 0) is 9.53 Å². The Morgan fingerprint density at radius 2 is 1.88 bits per heavy atom. The van der Waals surface area contributed by atoms with Crippen LogP contribution in [0.4, 0.5) is 0 Å². The van der Waals surface area contributed by atoms with Crippen LogP contribution < -0.4 is 5.32 Å². The van der Waals surface area contributed by atoms with E-state index in [1.54, 1.807) is 0 Å². The molecule has 2 N–H and O–H groups in total. The molecule has 0 aromatic rings. The molecule has 0 amide bonds. The molecule has 1 aliphatic heterocycles. The predicted molar refractivity (Wildman–Crippen MR) is 59.9 cm³/mol. The minimum absolute atomic E-state index is 0.227. The third kappa shape index (κ3) is 1.64. The van der Waals surface area contributed by atoms with Crippen LogP contribution in [-0.4, -0.2) is 35.4 Å². The zero-order valence-corrected chi connectivity index (χ0v) is 10.3. The van der Waals surface area contributed by atoms with E-state index in [2.05, 4.69) is 5.32 Å². The highest BCUT2D eigenvalue weighted by Gasteiger charge is 2.63. The van der Waals surface area contributed by atoms with Gasteiger partial charge in [0.2, 0.25) is 0 Å². The van der Waals surface area contributed by atoms with Crippen molar-refractivity contribution >= 4 is 5.97 Å². The number of carbonyl (C=O) groups excluding carboxylic acids is 1. The first kappa shape index (κ1) is 11.9. The fourth-order valence-corrected chi connectivity index (χ4v) is 2.47. The molecule has 92 valence electrons. The van der Waals surface area contributed by atoms with Crippen molar-refractivity contribution in [1.29, 1.82) is 0 Å². The van der Waals surface area contributed by atoms with Gasteiger partial charge in [0.15, 0.2) is 0 Å². The summed E-state index contributed by atoms with van der Waals surface area (Å²) in [6.07, 6.45) is 2.50. The number of carbonyl (C=O) groups is 1. The van der Waals surface area contributed by atoms with Gasteiger partial charge in [-0.05, 0) is 33.6 Å². The second kappa shape index (κ2) is 3.44. The van der Waals surface area contributed by atoms with Crippen LogP contribution in [0.5, 0.6) is 0 Å². The van der Waals surface area contributed by atoms with Gasteiger partial charge in [0, 0.05) is 13.1 Å². The monoisotopic (exact) mass is 227 g/mol. The summed E-state index contributed by atoms with van der Waals surface area (Å²) in [4.78, 5) is 12.2. The fraction of sp³-hybridized carbons (Fsp3) is 0.917. The Labute approximate surface area is 96.4 Å². The Bertz CT molecular complexity index is 298.